The maximum atomic E-state index is 10.4. The lowest BCUT2D eigenvalue weighted by molar-refractivity contribution is -0.237. The monoisotopic (exact) mass is 764 g/mol. The van der Waals surface area contributed by atoms with Gasteiger partial charge in [-0.25, -0.2) is 9.42 Å². The van der Waals surface area contributed by atoms with E-state index in [1.165, 1.54) is 47.0 Å². The first-order valence-electron chi connectivity index (χ1n) is 12.3. The number of phosphoric ester groups is 1. The molecule has 0 radical (unpaired) electrons. The topological polar surface area (TPSA) is 278 Å². The molecule has 2 aromatic rings. The number of rotatable bonds is 4. The molecule has 1 unspecified atom stereocenters. The molecule has 274 valence electrons. The number of aromatic nitrogens is 2. The molecule has 1 atom stereocenters. The average molecular weight is 765 g/mol. The third-order valence-corrected chi connectivity index (χ3v) is 5.95. The first-order chi connectivity index (χ1) is 20.4. The van der Waals surface area contributed by atoms with Crippen molar-refractivity contribution in [3.63, 3.8) is 0 Å². The summed E-state index contributed by atoms with van der Waals surface area (Å²) >= 11 is 1.08. The van der Waals surface area contributed by atoms with Crippen LogP contribution in [0, 0.1) is 13.8 Å². The molecule has 0 aliphatic heterocycles. The van der Waals surface area contributed by atoms with Crippen molar-refractivity contribution in [1.82, 2.24) is 8.75 Å². The molecule has 17 nitrogen and oxygen atoms in total. The summed E-state index contributed by atoms with van der Waals surface area (Å²) in [4.78, 5) is 73.2. The molecular formula is C24H52N2O15P4S. The van der Waals surface area contributed by atoms with E-state index in [4.69, 9.17) is 24.6 Å². The zero-order chi connectivity index (χ0) is 38.4. The van der Waals surface area contributed by atoms with Crippen molar-refractivity contribution in [3.05, 3.63) is 51.9 Å². The van der Waals surface area contributed by atoms with Crippen LogP contribution in [0.2, 0.25) is 0 Å². The second-order valence-corrected chi connectivity index (χ2v) is 18.5. The van der Waals surface area contributed by atoms with Crippen molar-refractivity contribution < 1.29 is 66.4 Å². The largest absolute Gasteiger partial charge is 0.632 e. The van der Waals surface area contributed by atoms with E-state index in [-0.39, 0.29) is 11.3 Å². The van der Waals surface area contributed by atoms with Gasteiger partial charge in [0.05, 0.1) is 28.0 Å². The lowest BCUT2D eigenvalue weighted by atomic mass is 10.2. The van der Waals surface area contributed by atoms with Crippen LogP contribution >= 0.6 is 42.6 Å². The highest BCUT2D eigenvalue weighted by Gasteiger charge is 2.20. The molecule has 0 aliphatic rings. The van der Waals surface area contributed by atoms with E-state index < -0.39 is 36.8 Å². The second-order valence-electron chi connectivity index (χ2n) is 8.83. The third kappa shape index (κ3) is 90.1. The lowest BCUT2D eigenvalue weighted by Gasteiger charge is -2.13. The van der Waals surface area contributed by atoms with Crippen LogP contribution in [-0.4, -0.2) is 102 Å². The number of nitrogens with one attached hydrogen (secondary N) is 1. The first-order valence-corrected chi connectivity index (χ1v) is 21.7. The molecule has 1 aromatic carbocycles. The number of carbonyl (C=O) groups is 2. The summed E-state index contributed by atoms with van der Waals surface area (Å²) in [5.41, 5.74) is 1.79. The van der Waals surface area contributed by atoms with E-state index in [2.05, 4.69) is 45.9 Å². The number of carbonyl (C=O) groups excluding carboxylic acids is 1. The van der Waals surface area contributed by atoms with Gasteiger partial charge in [0.2, 0.25) is 7.94 Å². The fraction of sp³-hybridized carbons (Fsp3) is 0.583. The third-order valence-electron chi connectivity index (χ3n) is 2.83. The quantitative estimate of drug-likeness (QED) is 0.280. The second kappa shape index (κ2) is 32.2. The Morgan fingerprint density at radius 3 is 1.24 bits per heavy atom. The van der Waals surface area contributed by atoms with Gasteiger partial charge in [0.15, 0.2) is 14.7 Å². The normalized spacial score (nSPS) is 11.1. The van der Waals surface area contributed by atoms with Gasteiger partial charge in [-0.05, 0) is 27.7 Å². The van der Waals surface area contributed by atoms with E-state index in [0.29, 0.717) is 5.69 Å². The lowest BCUT2D eigenvalue weighted by Crippen LogP contribution is -2.10. The SMILES string of the molecule is CC(=O)O.CC(C)=O.COP(C)(C)=O.CO[P+](C)([O-])O.CO[P+]([O-])(O)OC.CP(C)(=O)O.Cc1ccccc1.Cc1ns[nH]c1=O. The number of aromatic amines is 1. The molecule has 0 saturated heterocycles. The molecule has 0 bridgehead atoms. The van der Waals surface area contributed by atoms with E-state index in [1.807, 2.05) is 18.2 Å². The van der Waals surface area contributed by atoms with Crippen molar-refractivity contribution in [1.29, 1.82) is 0 Å². The van der Waals surface area contributed by atoms with Crippen molar-refractivity contribution in [2.45, 2.75) is 34.6 Å². The number of H-pyrrole nitrogens is 1. The molecule has 0 amide bonds. The van der Waals surface area contributed by atoms with E-state index in [9.17, 15) is 28.5 Å². The molecule has 46 heavy (non-hydrogen) atoms. The molecule has 5 N–H and O–H groups in total. The number of nitrogens with zero attached hydrogens (tertiary/aromatic N) is 1. The number of Topliss-reactive ketones (excluding diaryl/α,β-unsaturated/α-hetero) is 1. The van der Waals surface area contributed by atoms with Gasteiger partial charge in [0.1, 0.15) is 11.5 Å². The van der Waals surface area contributed by atoms with Gasteiger partial charge in [-0.3, -0.25) is 23.1 Å². The van der Waals surface area contributed by atoms with Crippen LogP contribution in [0.5, 0.6) is 0 Å². The minimum Gasteiger partial charge on any atom is -0.632 e. The highest BCUT2D eigenvalue weighted by Crippen LogP contribution is 2.44. The molecule has 0 spiro atoms. The van der Waals surface area contributed by atoms with Gasteiger partial charge in [-0.15, -0.1) is 0 Å². The maximum absolute atomic E-state index is 10.4. The van der Waals surface area contributed by atoms with Crippen molar-refractivity contribution in [2.75, 3.05) is 61.8 Å². The number of hydrogen-bond donors (Lipinski definition) is 5. The molecule has 22 heteroatoms. The van der Waals surface area contributed by atoms with Crippen molar-refractivity contribution in [2.24, 2.45) is 0 Å². The number of carboxylic acid groups (broad SMARTS) is 1. The fourth-order valence-corrected chi connectivity index (χ4v) is 1.50. The van der Waals surface area contributed by atoms with E-state index >= 15 is 0 Å². The molecule has 0 saturated carbocycles. The Balaban J connectivity index is -0.000000100. The number of aryl methyl sites for hydroxylation is 2. The van der Waals surface area contributed by atoms with E-state index in [1.54, 1.807) is 20.3 Å². The Hall–Kier alpha value is -1.32. The molecule has 2 rings (SSSR count). The fourth-order valence-electron chi connectivity index (χ4n) is 0.857. The Labute approximate surface area is 277 Å². The summed E-state index contributed by atoms with van der Waals surface area (Å²) in [6.45, 7) is 14.8. The number of hydrogen-bond acceptors (Lipinski definition) is 15. The van der Waals surface area contributed by atoms with Crippen LogP contribution < -0.4 is 15.3 Å². The summed E-state index contributed by atoms with van der Waals surface area (Å²) in [7, 11) is -6.74. The van der Waals surface area contributed by atoms with Gasteiger partial charge < -0.3 is 29.1 Å². The predicted molar refractivity (Wildman–Crippen MR) is 182 cm³/mol. The van der Waals surface area contributed by atoms with Gasteiger partial charge in [0, 0.05) is 52.4 Å². The van der Waals surface area contributed by atoms with Crippen LogP contribution in [0.3, 0.4) is 0 Å². The number of ketones is 1. The summed E-state index contributed by atoms with van der Waals surface area (Å²) in [6.07, 6.45) is 0. The van der Waals surface area contributed by atoms with Crippen LogP contribution in [0.1, 0.15) is 32.0 Å². The Bertz CT molecular complexity index is 1110. The predicted octanol–water partition coefficient (Wildman–Crippen LogP) is 3.20. The molecule has 0 fully saturated rings. The smallest absolute Gasteiger partial charge is 0.376 e. The summed E-state index contributed by atoms with van der Waals surface area (Å²) in [5.74, 6) is -0.667. The Morgan fingerprint density at radius 2 is 1.17 bits per heavy atom. The van der Waals surface area contributed by atoms with Gasteiger partial charge in [-0.2, -0.15) is 18.3 Å². The van der Waals surface area contributed by atoms with Gasteiger partial charge in [-0.1, -0.05) is 35.9 Å². The van der Waals surface area contributed by atoms with Crippen LogP contribution in [0.4, 0.5) is 0 Å². The standard InChI is InChI=1S/C7H8.C3H4N2OS.C3H9O2P.C3H6O.C2H7O4P.C2H7O3P.C2H7O2P.C2H4O2/c1-7-5-3-2-4-6-7;1-2-3(6)5-7-4-2;1-5-6(2,3)4;1-3(2)4;1-5-7(3,4)6-2;1-5-6(2,3)4;1-5(2,3)4;1-2(3)4/h2-6H,1H3;1H3,(H,5,6);1-3H3;1-2H3;1-2H3,(H,3,4);1-2H3,(H,3,4);1-2H3,(H,3,4);1H3,(H,3,4). The summed E-state index contributed by atoms with van der Waals surface area (Å²) in [6, 6.07) is 10.3. The highest BCUT2D eigenvalue weighted by molar-refractivity contribution is 7.57. The molecular weight excluding hydrogens is 712 g/mol. The summed E-state index contributed by atoms with van der Waals surface area (Å²) < 4.78 is 42.8. The minimum atomic E-state index is -3.65. The Morgan fingerprint density at radius 1 is 0.891 bits per heavy atom. The van der Waals surface area contributed by atoms with Crippen LogP contribution in [0.25, 0.3) is 0 Å². The minimum absolute atomic E-state index is 0.0787. The van der Waals surface area contributed by atoms with Crippen LogP contribution in [-0.2, 0) is 36.8 Å². The van der Waals surface area contributed by atoms with Crippen molar-refractivity contribution >= 4 is 54.3 Å². The van der Waals surface area contributed by atoms with Gasteiger partial charge >= 0.3 is 8.17 Å². The molecule has 1 heterocycles. The molecule has 1 aromatic heterocycles. The van der Waals surface area contributed by atoms with Gasteiger partial charge in [0.25, 0.3) is 11.5 Å². The maximum Gasteiger partial charge on any atom is 0.376 e. The number of benzene rings is 1. The average Bonchev–Trinajstić information content (AvgIpc) is 3.25. The van der Waals surface area contributed by atoms with E-state index in [0.717, 1.165) is 39.5 Å². The number of phosphoric acid groups is 1. The zero-order valence-corrected chi connectivity index (χ0v) is 33.2. The molecule has 0 aliphatic carbocycles. The number of aliphatic carboxylic acids is 1. The Kier molecular flexibility index (Phi) is 39.9. The highest BCUT2D eigenvalue weighted by atomic mass is 32.1. The first kappa shape index (κ1) is 57.0. The summed E-state index contributed by atoms with van der Waals surface area (Å²) in [5, 5.41) is 7.42. The number of carboxylic acids is 1. The zero-order valence-electron chi connectivity index (χ0n) is 28.8. The van der Waals surface area contributed by atoms with Crippen molar-refractivity contribution in [3.8, 4) is 0 Å². The van der Waals surface area contributed by atoms with Crippen LogP contribution in [0.15, 0.2) is 35.1 Å².